The number of halogens is 1. The van der Waals surface area contributed by atoms with E-state index in [2.05, 4.69) is 10.2 Å². The summed E-state index contributed by atoms with van der Waals surface area (Å²) >= 11 is 0. The zero-order valence-electron chi connectivity index (χ0n) is 10.1. The molecule has 0 fully saturated rings. The Morgan fingerprint density at radius 1 is 1.33 bits per heavy atom. The van der Waals surface area contributed by atoms with E-state index in [1.165, 1.54) is 29.1 Å². The van der Waals surface area contributed by atoms with Crippen molar-refractivity contribution >= 4 is 5.97 Å². The van der Waals surface area contributed by atoms with E-state index in [0.29, 0.717) is 11.4 Å². The highest BCUT2D eigenvalue weighted by molar-refractivity contribution is 5.88. The van der Waals surface area contributed by atoms with E-state index in [4.69, 9.17) is 4.74 Å². The summed E-state index contributed by atoms with van der Waals surface area (Å²) in [6.07, 6.45) is 0. The fraction of sp³-hybridized carbons (Fsp3) is 0.250. The second kappa shape index (κ2) is 4.95. The van der Waals surface area contributed by atoms with E-state index in [-0.39, 0.29) is 18.1 Å². The largest absolute Gasteiger partial charge is 0.461 e. The molecule has 0 radical (unpaired) electrons. The number of rotatable bonds is 3. The third-order valence-electron chi connectivity index (χ3n) is 2.31. The van der Waals surface area contributed by atoms with Crippen LogP contribution in [-0.4, -0.2) is 27.6 Å². The molecule has 94 valence electrons. The fourth-order valence-corrected chi connectivity index (χ4v) is 1.46. The third-order valence-corrected chi connectivity index (χ3v) is 2.31. The minimum atomic E-state index is -0.511. The van der Waals surface area contributed by atoms with Gasteiger partial charge in [-0.1, -0.05) is 0 Å². The van der Waals surface area contributed by atoms with Crippen molar-refractivity contribution in [3.63, 3.8) is 0 Å². The van der Waals surface area contributed by atoms with Gasteiger partial charge in [0.2, 0.25) is 0 Å². The van der Waals surface area contributed by atoms with Gasteiger partial charge in [0.15, 0.2) is 5.69 Å². The molecule has 0 aliphatic rings. The quantitative estimate of drug-likeness (QED) is 0.779. The number of aryl methyl sites for hydroxylation is 1. The lowest BCUT2D eigenvalue weighted by atomic mass is 10.3. The molecule has 6 heteroatoms. The van der Waals surface area contributed by atoms with Gasteiger partial charge in [0.25, 0.3) is 0 Å². The molecule has 1 aromatic carbocycles. The second-order valence-electron chi connectivity index (χ2n) is 3.62. The molecule has 0 amide bonds. The molecule has 0 saturated heterocycles. The summed E-state index contributed by atoms with van der Waals surface area (Å²) in [5.74, 6) is -0.850. The van der Waals surface area contributed by atoms with Gasteiger partial charge in [-0.15, -0.1) is 5.10 Å². The summed E-state index contributed by atoms with van der Waals surface area (Å²) in [7, 11) is 0. The molecule has 0 unspecified atom stereocenters. The summed E-state index contributed by atoms with van der Waals surface area (Å²) in [6.45, 7) is 3.67. The predicted octanol–water partition coefficient (Wildman–Crippen LogP) is 1.89. The van der Waals surface area contributed by atoms with Crippen molar-refractivity contribution in [1.29, 1.82) is 0 Å². The number of hydrogen-bond donors (Lipinski definition) is 0. The fourth-order valence-electron chi connectivity index (χ4n) is 1.46. The molecule has 0 bridgehead atoms. The maximum Gasteiger partial charge on any atom is 0.360 e. The van der Waals surface area contributed by atoms with Gasteiger partial charge in [0.1, 0.15) is 5.82 Å². The van der Waals surface area contributed by atoms with E-state index in [0.717, 1.165) is 0 Å². The Kier molecular flexibility index (Phi) is 3.36. The van der Waals surface area contributed by atoms with Crippen LogP contribution in [0.5, 0.6) is 0 Å². The summed E-state index contributed by atoms with van der Waals surface area (Å²) in [5, 5.41) is 8.13. The molecule has 0 N–H and O–H groups in total. The Bertz CT molecular complexity index is 563. The highest BCUT2D eigenvalue weighted by atomic mass is 19.1. The molecule has 1 aromatic heterocycles. The van der Waals surface area contributed by atoms with Gasteiger partial charge in [-0.25, -0.2) is 9.18 Å². The average Bonchev–Trinajstić information content (AvgIpc) is 2.72. The summed E-state index contributed by atoms with van der Waals surface area (Å²) < 4.78 is 17.7. The number of aromatic nitrogens is 3. The van der Waals surface area contributed by atoms with Gasteiger partial charge < -0.3 is 4.74 Å². The summed E-state index contributed by atoms with van der Waals surface area (Å²) in [6, 6.07) is 5.67. The maximum atomic E-state index is 12.8. The molecular weight excluding hydrogens is 237 g/mol. The zero-order chi connectivity index (χ0) is 13.1. The Morgan fingerprint density at radius 3 is 2.61 bits per heavy atom. The summed E-state index contributed by atoms with van der Waals surface area (Å²) in [4.78, 5) is 12.8. The summed E-state index contributed by atoms with van der Waals surface area (Å²) in [5.41, 5.74) is 1.22. The number of hydrogen-bond acceptors (Lipinski definition) is 4. The van der Waals surface area contributed by atoms with Crippen LogP contribution in [0.3, 0.4) is 0 Å². The third kappa shape index (κ3) is 2.37. The van der Waals surface area contributed by atoms with E-state index >= 15 is 0 Å². The van der Waals surface area contributed by atoms with Crippen LogP contribution in [0.4, 0.5) is 4.39 Å². The van der Waals surface area contributed by atoms with Crippen LogP contribution >= 0.6 is 0 Å². The van der Waals surface area contributed by atoms with Crippen molar-refractivity contribution in [3.05, 3.63) is 41.5 Å². The molecular formula is C12H12FN3O2. The lowest BCUT2D eigenvalue weighted by molar-refractivity contribution is 0.0518. The van der Waals surface area contributed by atoms with Crippen LogP contribution in [0, 0.1) is 12.7 Å². The maximum absolute atomic E-state index is 12.8. The highest BCUT2D eigenvalue weighted by Gasteiger charge is 2.17. The molecule has 5 nitrogen and oxygen atoms in total. The van der Waals surface area contributed by atoms with E-state index in [1.54, 1.807) is 13.8 Å². The average molecular weight is 249 g/mol. The van der Waals surface area contributed by atoms with Crippen LogP contribution in [0.15, 0.2) is 24.3 Å². The minimum Gasteiger partial charge on any atom is -0.461 e. The Hall–Kier alpha value is -2.24. The van der Waals surface area contributed by atoms with Crippen molar-refractivity contribution in [2.75, 3.05) is 6.61 Å². The highest BCUT2D eigenvalue weighted by Crippen LogP contribution is 2.10. The van der Waals surface area contributed by atoms with Gasteiger partial charge in [-0.3, -0.25) is 0 Å². The normalized spacial score (nSPS) is 10.4. The number of esters is 1. The first-order valence-electron chi connectivity index (χ1n) is 5.49. The standard InChI is InChI=1S/C12H12FN3O2/c1-3-18-12(17)11-8(2)14-16(15-11)10-6-4-9(13)5-7-10/h4-7H,3H2,1-2H3. The van der Waals surface area contributed by atoms with Crippen molar-refractivity contribution in [1.82, 2.24) is 15.0 Å². The molecule has 0 aliphatic carbocycles. The van der Waals surface area contributed by atoms with Gasteiger partial charge >= 0.3 is 5.97 Å². The van der Waals surface area contributed by atoms with Gasteiger partial charge in [-0.2, -0.15) is 9.90 Å². The first-order chi connectivity index (χ1) is 8.61. The first-order valence-corrected chi connectivity index (χ1v) is 5.49. The number of nitrogens with zero attached hydrogens (tertiary/aromatic N) is 3. The van der Waals surface area contributed by atoms with Crippen LogP contribution in [0.2, 0.25) is 0 Å². The van der Waals surface area contributed by atoms with Crippen LogP contribution in [0.25, 0.3) is 5.69 Å². The van der Waals surface area contributed by atoms with E-state index in [1.807, 2.05) is 0 Å². The second-order valence-corrected chi connectivity index (χ2v) is 3.62. The van der Waals surface area contributed by atoms with Crippen molar-refractivity contribution in [2.24, 2.45) is 0 Å². The topological polar surface area (TPSA) is 57.0 Å². The van der Waals surface area contributed by atoms with Crippen LogP contribution in [-0.2, 0) is 4.74 Å². The van der Waals surface area contributed by atoms with E-state index in [9.17, 15) is 9.18 Å². The molecule has 0 aliphatic heterocycles. The van der Waals surface area contributed by atoms with Gasteiger partial charge in [-0.05, 0) is 38.1 Å². The molecule has 0 spiro atoms. The van der Waals surface area contributed by atoms with Gasteiger partial charge in [0, 0.05) is 0 Å². The number of carbonyl (C=O) groups is 1. The van der Waals surface area contributed by atoms with Crippen molar-refractivity contribution in [3.8, 4) is 5.69 Å². The monoisotopic (exact) mass is 249 g/mol. The molecule has 2 rings (SSSR count). The van der Waals surface area contributed by atoms with E-state index < -0.39 is 5.97 Å². The van der Waals surface area contributed by atoms with Crippen molar-refractivity contribution in [2.45, 2.75) is 13.8 Å². The van der Waals surface area contributed by atoms with Crippen molar-refractivity contribution < 1.29 is 13.9 Å². The predicted molar refractivity (Wildman–Crippen MR) is 62.0 cm³/mol. The van der Waals surface area contributed by atoms with Gasteiger partial charge in [0.05, 0.1) is 18.0 Å². The Labute approximate surface area is 103 Å². The lowest BCUT2D eigenvalue weighted by Crippen LogP contribution is -2.07. The Morgan fingerprint density at radius 2 is 2.00 bits per heavy atom. The minimum absolute atomic E-state index is 0.168. The first kappa shape index (κ1) is 12.2. The smallest absolute Gasteiger partial charge is 0.360 e. The molecule has 2 aromatic rings. The van der Waals surface area contributed by atoms with Crippen LogP contribution < -0.4 is 0 Å². The van der Waals surface area contributed by atoms with Crippen LogP contribution in [0.1, 0.15) is 23.1 Å². The number of ether oxygens (including phenoxy) is 1. The Balaban J connectivity index is 2.34. The SMILES string of the molecule is CCOC(=O)c1nn(-c2ccc(F)cc2)nc1C. The number of benzene rings is 1. The zero-order valence-corrected chi connectivity index (χ0v) is 10.1. The number of carbonyl (C=O) groups excluding carboxylic acids is 1. The molecule has 0 saturated carbocycles. The lowest BCUT2D eigenvalue weighted by Gasteiger charge is -1.98. The molecule has 0 atom stereocenters. The molecule has 1 heterocycles. The molecule has 18 heavy (non-hydrogen) atoms.